The number of amides is 1. The van der Waals surface area contributed by atoms with Gasteiger partial charge < -0.3 is 4.90 Å². The van der Waals surface area contributed by atoms with Crippen molar-refractivity contribution in [2.45, 2.75) is 10.4 Å². The lowest BCUT2D eigenvalue weighted by Crippen LogP contribution is -2.41. The Balaban J connectivity index is 2.35. The highest BCUT2D eigenvalue weighted by molar-refractivity contribution is 8.00. The smallest absolute Gasteiger partial charge is 0.315 e. The Morgan fingerprint density at radius 2 is 1.85 bits per heavy atom. The van der Waals surface area contributed by atoms with Crippen LogP contribution in [-0.4, -0.2) is 49.3 Å². The number of rotatable bonds is 6. The predicted molar refractivity (Wildman–Crippen MR) is 90.3 cm³/mol. The summed E-state index contributed by atoms with van der Waals surface area (Å²) in [5.41, 5.74) is -5.84. The van der Waals surface area contributed by atoms with Crippen molar-refractivity contribution < 1.29 is 22.4 Å². The molecule has 1 aromatic heterocycles. The molecular weight excluding hydrogens is 390 g/mol. The number of benzene rings is 1. The molecule has 0 radical (unpaired) electrons. The van der Waals surface area contributed by atoms with Crippen molar-refractivity contribution in [1.29, 1.82) is 0 Å². The molecule has 0 bridgehead atoms. The number of carbonyl (C=O) groups excluding carboxylic acids is 1. The molecule has 27 heavy (non-hydrogen) atoms. The lowest BCUT2D eigenvalue weighted by molar-refractivity contribution is -0.0329. The van der Waals surface area contributed by atoms with Gasteiger partial charge in [0.15, 0.2) is 0 Å². The van der Waals surface area contributed by atoms with E-state index in [4.69, 9.17) is 0 Å². The van der Waals surface area contributed by atoms with Gasteiger partial charge in [-0.05, 0) is 34.3 Å². The molecule has 0 N–H and O–H groups in total. The van der Waals surface area contributed by atoms with Gasteiger partial charge in [-0.25, -0.2) is 14.0 Å². The Bertz CT molecular complexity index is 912. The van der Waals surface area contributed by atoms with Gasteiger partial charge in [0, 0.05) is 19.2 Å². The summed E-state index contributed by atoms with van der Waals surface area (Å²) in [7, 11) is 0. The van der Waals surface area contributed by atoms with Crippen LogP contribution in [0.2, 0.25) is 0 Å². The first-order valence-corrected chi connectivity index (χ1v) is 8.11. The fourth-order valence-electron chi connectivity index (χ4n) is 2.03. The minimum atomic E-state index is -4.66. The zero-order valence-corrected chi connectivity index (χ0v) is 14.5. The monoisotopic (exact) mass is 403 g/mol. The number of carbonyl (C=O) groups is 1. The molecule has 12 heteroatoms. The largest absolute Gasteiger partial charge is 0.446 e. The Morgan fingerprint density at radius 1 is 1.22 bits per heavy atom. The molecule has 1 heterocycles. The van der Waals surface area contributed by atoms with E-state index in [1.165, 1.54) is 17.1 Å². The van der Waals surface area contributed by atoms with E-state index < -0.39 is 39.7 Å². The minimum absolute atomic E-state index is 0.113. The van der Waals surface area contributed by atoms with Crippen molar-refractivity contribution in [3.8, 4) is 5.69 Å². The third kappa shape index (κ3) is 4.84. The summed E-state index contributed by atoms with van der Waals surface area (Å²) in [5, 5.41) is 6.92. The Kier molecular flexibility index (Phi) is 6.20. The second-order valence-electron chi connectivity index (χ2n) is 5.01. The molecule has 0 aliphatic rings. The van der Waals surface area contributed by atoms with Gasteiger partial charge in [0.05, 0.1) is 10.6 Å². The standard InChI is InChI=1S/C15H13F4N5O2S/c1-3-7-22(8-4-2)13(25)24-14(26)23(20-21-24)10-5-6-12(11(16)9-10)27-15(17,18)19/h3-6,9H,1-2,7-8H2. The van der Waals surface area contributed by atoms with Gasteiger partial charge in [-0.2, -0.15) is 17.9 Å². The van der Waals surface area contributed by atoms with E-state index in [1.807, 2.05) is 0 Å². The van der Waals surface area contributed by atoms with Gasteiger partial charge in [-0.3, -0.25) is 0 Å². The van der Waals surface area contributed by atoms with Crippen LogP contribution in [0, 0.1) is 5.82 Å². The van der Waals surface area contributed by atoms with E-state index >= 15 is 0 Å². The van der Waals surface area contributed by atoms with Crippen molar-refractivity contribution in [2.75, 3.05) is 13.1 Å². The van der Waals surface area contributed by atoms with E-state index in [2.05, 4.69) is 23.6 Å². The molecule has 0 fully saturated rings. The molecule has 1 aromatic carbocycles. The quantitative estimate of drug-likeness (QED) is 0.321. The number of thioether (sulfide) groups is 1. The first kappa shape index (κ1) is 20.4. The van der Waals surface area contributed by atoms with Gasteiger partial charge in [0.1, 0.15) is 5.82 Å². The van der Waals surface area contributed by atoms with Gasteiger partial charge in [0.25, 0.3) is 0 Å². The molecule has 144 valence electrons. The van der Waals surface area contributed by atoms with Crippen LogP contribution in [0.4, 0.5) is 22.4 Å². The molecule has 1 amide bonds. The van der Waals surface area contributed by atoms with Crippen molar-refractivity contribution in [3.05, 3.63) is 59.8 Å². The molecule has 0 saturated carbocycles. The normalized spacial score (nSPS) is 11.3. The second kappa shape index (κ2) is 8.20. The number of hydrogen-bond acceptors (Lipinski definition) is 5. The topological polar surface area (TPSA) is 73.0 Å². The fraction of sp³-hybridized carbons (Fsp3) is 0.200. The summed E-state index contributed by atoms with van der Waals surface area (Å²) in [6, 6.07) is 1.81. The SMILES string of the molecule is C=CCN(CC=C)C(=O)n1nnn(-c2ccc(SC(F)(F)F)c(F)c2)c1=O. The van der Waals surface area contributed by atoms with Crippen molar-refractivity contribution in [1.82, 2.24) is 24.7 Å². The highest BCUT2D eigenvalue weighted by Gasteiger charge is 2.31. The lowest BCUT2D eigenvalue weighted by atomic mass is 10.3. The molecule has 2 rings (SSSR count). The predicted octanol–water partition coefficient (Wildman–Crippen LogP) is 2.82. The lowest BCUT2D eigenvalue weighted by Gasteiger charge is -2.17. The fourth-order valence-corrected chi connectivity index (χ4v) is 2.58. The zero-order valence-electron chi connectivity index (χ0n) is 13.7. The van der Waals surface area contributed by atoms with E-state index in [0.717, 1.165) is 12.1 Å². The Hall–Kier alpha value is -2.89. The molecular formula is C15H13F4N5O2S. The number of hydrogen-bond donors (Lipinski definition) is 0. The molecule has 7 nitrogen and oxygen atoms in total. The summed E-state index contributed by atoms with van der Waals surface area (Å²) in [4.78, 5) is 25.2. The van der Waals surface area contributed by atoms with E-state index in [0.29, 0.717) is 15.4 Å². The van der Waals surface area contributed by atoms with E-state index in [1.54, 1.807) is 0 Å². The second-order valence-corrected chi connectivity index (χ2v) is 6.12. The van der Waals surface area contributed by atoms with Crippen LogP contribution in [0.3, 0.4) is 0 Å². The first-order valence-electron chi connectivity index (χ1n) is 7.29. The van der Waals surface area contributed by atoms with Gasteiger partial charge in [-0.1, -0.05) is 12.2 Å². The van der Waals surface area contributed by atoms with Crippen LogP contribution in [0.15, 0.2) is 53.2 Å². The average Bonchev–Trinajstić information content (AvgIpc) is 2.96. The molecule has 0 aliphatic heterocycles. The van der Waals surface area contributed by atoms with Crippen molar-refractivity contribution in [3.63, 3.8) is 0 Å². The Morgan fingerprint density at radius 3 is 2.37 bits per heavy atom. The first-order chi connectivity index (χ1) is 12.7. The average molecular weight is 403 g/mol. The zero-order chi connectivity index (χ0) is 20.2. The van der Waals surface area contributed by atoms with Gasteiger partial charge >= 0.3 is 17.2 Å². The van der Waals surface area contributed by atoms with Crippen LogP contribution < -0.4 is 5.69 Å². The maximum atomic E-state index is 13.9. The highest BCUT2D eigenvalue weighted by Crippen LogP contribution is 2.38. The van der Waals surface area contributed by atoms with Gasteiger partial charge in [-0.15, -0.1) is 17.8 Å². The van der Waals surface area contributed by atoms with Crippen LogP contribution in [0.1, 0.15) is 0 Å². The third-order valence-electron chi connectivity index (χ3n) is 3.12. The number of halogens is 4. The summed E-state index contributed by atoms with van der Waals surface area (Å²) in [6.45, 7) is 7.22. The van der Waals surface area contributed by atoms with Crippen molar-refractivity contribution in [2.24, 2.45) is 0 Å². The molecule has 0 aliphatic carbocycles. The van der Waals surface area contributed by atoms with Crippen molar-refractivity contribution >= 4 is 17.8 Å². The molecule has 0 unspecified atom stereocenters. The van der Waals surface area contributed by atoms with Crippen LogP contribution in [0.5, 0.6) is 0 Å². The number of alkyl halides is 3. The molecule has 0 saturated heterocycles. The number of nitrogens with zero attached hydrogens (tertiary/aromatic N) is 5. The van der Waals surface area contributed by atoms with E-state index in [-0.39, 0.29) is 18.8 Å². The molecule has 0 spiro atoms. The minimum Gasteiger partial charge on any atom is -0.315 e. The third-order valence-corrected chi connectivity index (χ3v) is 3.90. The summed E-state index contributed by atoms with van der Waals surface area (Å²) in [5.74, 6) is -1.19. The Labute approximate surface area is 154 Å². The maximum Gasteiger partial charge on any atom is 0.446 e. The van der Waals surface area contributed by atoms with Gasteiger partial charge in [0.2, 0.25) is 0 Å². The summed E-state index contributed by atoms with van der Waals surface area (Å²) >= 11 is -0.623. The number of aromatic nitrogens is 4. The molecule has 0 atom stereocenters. The molecule has 2 aromatic rings. The maximum absolute atomic E-state index is 13.9. The van der Waals surface area contributed by atoms with Crippen LogP contribution in [-0.2, 0) is 0 Å². The highest BCUT2D eigenvalue weighted by atomic mass is 32.2. The number of tetrazole rings is 1. The van der Waals surface area contributed by atoms with E-state index in [9.17, 15) is 27.2 Å². The van der Waals surface area contributed by atoms with Crippen LogP contribution in [0.25, 0.3) is 5.69 Å². The van der Waals surface area contributed by atoms with Crippen LogP contribution >= 0.6 is 11.8 Å². The summed E-state index contributed by atoms with van der Waals surface area (Å²) in [6.07, 6.45) is 2.87. The summed E-state index contributed by atoms with van der Waals surface area (Å²) < 4.78 is 52.0.